The largest absolute Gasteiger partial charge is 0.474 e. The van der Waals surface area contributed by atoms with Crippen molar-refractivity contribution in [2.24, 2.45) is 0 Å². The lowest BCUT2D eigenvalue weighted by atomic mass is 10.3. The van der Waals surface area contributed by atoms with Crippen LogP contribution in [0.4, 0.5) is 0 Å². The fourth-order valence-electron chi connectivity index (χ4n) is 0.959. The van der Waals surface area contributed by atoms with Gasteiger partial charge in [-0.25, -0.2) is 4.98 Å². The Balaban J connectivity index is 2.96. The predicted octanol–water partition coefficient (Wildman–Crippen LogP) is 2.92. The number of hydrogen-bond donors (Lipinski definition) is 0. The first-order valence-electron chi connectivity index (χ1n) is 4.72. The molecule has 0 N–H and O–H groups in total. The van der Waals surface area contributed by atoms with Crippen LogP contribution in [-0.4, -0.2) is 16.1 Å². The monoisotopic (exact) mass is 214 g/mol. The van der Waals surface area contributed by atoms with Crippen LogP contribution in [0.15, 0.2) is 0 Å². The van der Waals surface area contributed by atoms with E-state index < -0.39 is 0 Å². The summed E-state index contributed by atoms with van der Waals surface area (Å²) in [6.07, 6.45) is 1.10. The Morgan fingerprint density at radius 2 is 2.00 bits per heavy atom. The van der Waals surface area contributed by atoms with Crippen LogP contribution in [-0.2, 0) is 0 Å². The van der Waals surface area contributed by atoms with Gasteiger partial charge in [0.05, 0.1) is 6.10 Å². The molecule has 0 bridgehead atoms. The fourth-order valence-corrected chi connectivity index (χ4v) is 1.16. The van der Waals surface area contributed by atoms with Gasteiger partial charge in [-0.15, -0.1) is 0 Å². The van der Waals surface area contributed by atoms with Gasteiger partial charge in [0, 0.05) is 5.56 Å². The zero-order chi connectivity index (χ0) is 10.7. The lowest BCUT2D eigenvalue weighted by Gasteiger charge is -2.14. The van der Waals surface area contributed by atoms with Crippen LogP contribution >= 0.6 is 11.6 Å². The molecule has 1 unspecified atom stereocenters. The highest BCUT2D eigenvalue weighted by Crippen LogP contribution is 2.22. The van der Waals surface area contributed by atoms with Crippen molar-refractivity contribution in [2.45, 2.75) is 40.2 Å². The Morgan fingerprint density at radius 3 is 2.57 bits per heavy atom. The zero-order valence-electron chi connectivity index (χ0n) is 8.97. The Bertz CT molecular complexity index is 328. The summed E-state index contributed by atoms with van der Waals surface area (Å²) in [6.45, 7) is 7.73. The molecule has 0 saturated heterocycles. The van der Waals surface area contributed by atoms with Crippen LogP contribution in [0, 0.1) is 13.8 Å². The first kappa shape index (κ1) is 11.2. The van der Waals surface area contributed by atoms with E-state index in [4.69, 9.17) is 16.3 Å². The van der Waals surface area contributed by atoms with E-state index in [9.17, 15) is 0 Å². The third-order valence-electron chi connectivity index (χ3n) is 2.04. The molecule has 0 fully saturated rings. The van der Waals surface area contributed by atoms with Gasteiger partial charge in [0.25, 0.3) is 0 Å². The molecule has 1 atom stereocenters. The van der Waals surface area contributed by atoms with Crippen molar-refractivity contribution in [1.29, 1.82) is 0 Å². The molecule has 0 amide bonds. The summed E-state index contributed by atoms with van der Waals surface area (Å²) in [5.41, 5.74) is 0.803. The predicted molar refractivity (Wildman–Crippen MR) is 56.9 cm³/mol. The van der Waals surface area contributed by atoms with Crippen LogP contribution in [0.5, 0.6) is 5.88 Å². The highest BCUT2D eigenvalue weighted by Gasteiger charge is 2.10. The maximum atomic E-state index is 5.91. The van der Waals surface area contributed by atoms with Crippen molar-refractivity contribution in [3.05, 3.63) is 16.5 Å². The lowest BCUT2D eigenvalue weighted by molar-refractivity contribution is 0.206. The first-order chi connectivity index (χ1) is 6.54. The molecule has 3 nitrogen and oxygen atoms in total. The highest BCUT2D eigenvalue weighted by atomic mass is 35.5. The minimum absolute atomic E-state index is 0.152. The molecule has 1 heterocycles. The van der Waals surface area contributed by atoms with Gasteiger partial charge in [-0.1, -0.05) is 18.5 Å². The van der Waals surface area contributed by atoms with Gasteiger partial charge in [0.2, 0.25) is 5.88 Å². The quantitative estimate of drug-likeness (QED) is 0.726. The van der Waals surface area contributed by atoms with Gasteiger partial charge in [-0.2, -0.15) is 4.98 Å². The average molecular weight is 215 g/mol. The number of aryl methyl sites for hydroxylation is 1. The van der Waals surface area contributed by atoms with E-state index in [1.54, 1.807) is 6.92 Å². The molecule has 14 heavy (non-hydrogen) atoms. The maximum absolute atomic E-state index is 5.91. The van der Waals surface area contributed by atoms with Crippen LogP contribution in [0.1, 0.15) is 31.7 Å². The Labute approximate surface area is 89.5 Å². The molecule has 78 valence electrons. The van der Waals surface area contributed by atoms with E-state index in [1.165, 1.54) is 0 Å². The van der Waals surface area contributed by atoms with Crippen LogP contribution < -0.4 is 4.74 Å². The summed E-state index contributed by atoms with van der Waals surface area (Å²) in [7, 11) is 0. The van der Waals surface area contributed by atoms with Crippen molar-refractivity contribution in [3.63, 3.8) is 0 Å². The van der Waals surface area contributed by atoms with Gasteiger partial charge in [-0.3, -0.25) is 0 Å². The molecule has 0 spiro atoms. The van der Waals surface area contributed by atoms with Gasteiger partial charge in [0.1, 0.15) is 11.0 Å². The topological polar surface area (TPSA) is 35.0 Å². The van der Waals surface area contributed by atoms with Gasteiger partial charge in [0.15, 0.2) is 0 Å². The van der Waals surface area contributed by atoms with Crippen molar-refractivity contribution >= 4 is 11.6 Å². The molecule has 0 saturated carbocycles. The van der Waals surface area contributed by atoms with Gasteiger partial charge < -0.3 is 4.74 Å². The third-order valence-corrected chi connectivity index (χ3v) is 2.41. The molecule has 1 rings (SSSR count). The van der Waals surface area contributed by atoms with Crippen LogP contribution in [0.25, 0.3) is 0 Å². The van der Waals surface area contributed by atoms with E-state index in [1.807, 2.05) is 13.8 Å². The van der Waals surface area contributed by atoms with E-state index in [2.05, 4.69) is 16.9 Å². The van der Waals surface area contributed by atoms with Gasteiger partial charge in [-0.05, 0) is 27.2 Å². The van der Waals surface area contributed by atoms with E-state index in [-0.39, 0.29) is 6.10 Å². The summed E-state index contributed by atoms with van der Waals surface area (Å²) >= 11 is 5.91. The van der Waals surface area contributed by atoms with E-state index in [0.717, 1.165) is 12.0 Å². The summed E-state index contributed by atoms with van der Waals surface area (Å²) < 4.78 is 5.62. The second kappa shape index (κ2) is 4.60. The number of halogens is 1. The van der Waals surface area contributed by atoms with Crippen molar-refractivity contribution in [3.8, 4) is 5.88 Å². The molecular weight excluding hydrogens is 200 g/mol. The van der Waals surface area contributed by atoms with Gasteiger partial charge >= 0.3 is 0 Å². The minimum atomic E-state index is 0.152. The third kappa shape index (κ3) is 2.58. The zero-order valence-corrected chi connectivity index (χ0v) is 9.72. The number of rotatable bonds is 3. The summed E-state index contributed by atoms with van der Waals surface area (Å²) in [4.78, 5) is 8.24. The van der Waals surface area contributed by atoms with Crippen molar-refractivity contribution in [2.75, 3.05) is 0 Å². The van der Waals surface area contributed by atoms with E-state index >= 15 is 0 Å². The molecule has 4 heteroatoms. The smallest absolute Gasteiger partial charge is 0.221 e. The Hall–Kier alpha value is -0.830. The van der Waals surface area contributed by atoms with Crippen LogP contribution in [0.2, 0.25) is 5.15 Å². The molecular formula is C10H15ClN2O. The second-order valence-electron chi connectivity index (χ2n) is 3.33. The Kier molecular flexibility index (Phi) is 3.69. The fraction of sp³-hybridized carbons (Fsp3) is 0.600. The molecule has 1 aromatic heterocycles. The molecule has 1 aromatic rings. The SMILES string of the molecule is CCC(C)Oc1nc(C)nc(Cl)c1C. The summed E-state index contributed by atoms with van der Waals surface area (Å²) in [5.74, 6) is 1.23. The number of nitrogens with zero attached hydrogens (tertiary/aromatic N) is 2. The van der Waals surface area contributed by atoms with E-state index in [0.29, 0.717) is 16.9 Å². The second-order valence-corrected chi connectivity index (χ2v) is 3.69. The minimum Gasteiger partial charge on any atom is -0.474 e. The summed E-state index contributed by atoms with van der Waals surface area (Å²) in [6, 6.07) is 0. The number of hydrogen-bond acceptors (Lipinski definition) is 3. The molecule has 0 aliphatic carbocycles. The standard InChI is InChI=1S/C10H15ClN2O/c1-5-6(2)14-10-7(3)9(11)12-8(4)13-10/h6H,5H2,1-4H3. The molecule has 0 aliphatic heterocycles. The number of ether oxygens (including phenoxy) is 1. The molecule has 0 radical (unpaired) electrons. The first-order valence-corrected chi connectivity index (χ1v) is 5.09. The van der Waals surface area contributed by atoms with Crippen molar-refractivity contribution in [1.82, 2.24) is 9.97 Å². The normalized spacial score (nSPS) is 12.6. The van der Waals surface area contributed by atoms with Crippen LogP contribution in [0.3, 0.4) is 0 Å². The Morgan fingerprint density at radius 1 is 1.36 bits per heavy atom. The molecule has 0 aliphatic rings. The summed E-state index contributed by atoms with van der Waals surface area (Å²) in [5, 5.41) is 0.468. The van der Waals surface area contributed by atoms with Crippen molar-refractivity contribution < 1.29 is 4.74 Å². The molecule has 0 aromatic carbocycles. The highest BCUT2D eigenvalue weighted by molar-refractivity contribution is 6.30. The lowest BCUT2D eigenvalue weighted by Crippen LogP contribution is -2.12. The maximum Gasteiger partial charge on any atom is 0.221 e. The number of aromatic nitrogens is 2. The average Bonchev–Trinajstić information content (AvgIpc) is 2.13.